The molecule has 2 aliphatic rings. The Morgan fingerprint density at radius 1 is 1.25 bits per heavy atom. The largest absolute Gasteiger partial charge is 0.314 e. The molecule has 0 aromatic heterocycles. The highest BCUT2D eigenvalue weighted by Gasteiger charge is 2.38. The summed E-state index contributed by atoms with van der Waals surface area (Å²) in [5.41, 5.74) is 0. The number of nitrogens with zero attached hydrogens (tertiary/aromatic N) is 1. The van der Waals surface area contributed by atoms with Crippen molar-refractivity contribution in [2.24, 2.45) is 0 Å². The van der Waals surface area contributed by atoms with Crippen molar-refractivity contribution < 1.29 is 8.78 Å². The first-order valence-electron chi connectivity index (χ1n) is 6.48. The minimum absolute atomic E-state index is 0.0197. The summed E-state index contributed by atoms with van der Waals surface area (Å²) < 4.78 is 25.0. The molecule has 0 saturated carbocycles. The van der Waals surface area contributed by atoms with Crippen LogP contribution in [0, 0.1) is 0 Å². The van der Waals surface area contributed by atoms with Gasteiger partial charge in [-0.15, -0.1) is 0 Å². The fourth-order valence-electron chi connectivity index (χ4n) is 3.39. The Morgan fingerprint density at radius 3 is 2.38 bits per heavy atom. The van der Waals surface area contributed by atoms with Crippen LogP contribution in [0.1, 0.15) is 39.0 Å². The Morgan fingerprint density at radius 2 is 1.88 bits per heavy atom. The Labute approximate surface area is 96.4 Å². The Bertz CT molecular complexity index is 209. The Balaban J connectivity index is 1.96. The fourth-order valence-corrected chi connectivity index (χ4v) is 3.39. The number of halogens is 2. The van der Waals surface area contributed by atoms with Gasteiger partial charge in [-0.25, -0.2) is 8.78 Å². The van der Waals surface area contributed by atoms with E-state index in [0.717, 1.165) is 32.2 Å². The van der Waals surface area contributed by atoms with Crippen LogP contribution in [-0.4, -0.2) is 42.5 Å². The zero-order valence-corrected chi connectivity index (χ0v) is 9.96. The highest BCUT2D eigenvalue weighted by molar-refractivity contribution is 4.95. The van der Waals surface area contributed by atoms with Gasteiger partial charge in [0.1, 0.15) is 0 Å². The van der Waals surface area contributed by atoms with Crippen LogP contribution in [0.25, 0.3) is 0 Å². The van der Waals surface area contributed by atoms with Gasteiger partial charge in [0.05, 0.1) is 6.54 Å². The van der Waals surface area contributed by atoms with Crippen LogP contribution in [0.4, 0.5) is 8.78 Å². The summed E-state index contributed by atoms with van der Waals surface area (Å²) in [5.74, 6) is 0. The molecule has 2 bridgehead atoms. The van der Waals surface area contributed by atoms with E-state index in [1.807, 2.05) is 0 Å². The monoisotopic (exact) mass is 232 g/mol. The van der Waals surface area contributed by atoms with Crippen molar-refractivity contribution in [2.75, 3.05) is 13.1 Å². The predicted molar refractivity (Wildman–Crippen MR) is 60.8 cm³/mol. The molecule has 0 amide bonds. The number of hydrogen-bond donors (Lipinski definition) is 1. The molecule has 2 aliphatic heterocycles. The molecule has 1 N–H and O–H groups in total. The number of fused-ring (bicyclic) bond motifs is 2. The lowest BCUT2D eigenvalue weighted by Crippen LogP contribution is -2.57. The standard InChI is InChI=1S/C12H22F2N2/c1-2-15-9-6-10-4-3-5-11(7-9)16(10)8-12(13)14/h9-12,15H,2-8H2,1H3. The van der Waals surface area contributed by atoms with Crippen molar-refractivity contribution in [2.45, 2.75) is 63.6 Å². The second-order valence-electron chi connectivity index (χ2n) is 5.05. The first kappa shape index (κ1) is 12.2. The highest BCUT2D eigenvalue weighted by Crippen LogP contribution is 2.34. The SMILES string of the molecule is CCNC1CC2CCCC(C1)N2CC(F)F. The first-order chi connectivity index (χ1) is 7.70. The first-order valence-corrected chi connectivity index (χ1v) is 6.48. The van der Waals surface area contributed by atoms with Gasteiger partial charge in [-0.1, -0.05) is 13.3 Å². The van der Waals surface area contributed by atoms with Crippen molar-refractivity contribution in [3.63, 3.8) is 0 Å². The molecule has 0 radical (unpaired) electrons. The maximum absolute atomic E-state index is 12.5. The number of hydrogen-bond acceptors (Lipinski definition) is 2. The zero-order valence-electron chi connectivity index (χ0n) is 9.96. The normalized spacial score (nSPS) is 35.6. The molecule has 16 heavy (non-hydrogen) atoms. The van der Waals surface area contributed by atoms with Gasteiger partial charge >= 0.3 is 0 Å². The minimum atomic E-state index is -2.18. The van der Waals surface area contributed by atoms with Crippen LogP contribution in [0.5, 0.6) is 0 Å². The van der Waals surface area contributed by atoms with Gasteiger partial charge in [-0.3, -0.25) is 4.90 Å². The Hall–Kier alpha value is -0.220. The molecule has 4 heteroatoms. The van der Waals surface area contributed by atoms with Crippen molar-refractivity contribution in [3.8, 4) is 0 Å². The molecule has 94 valence electrons. The Kier molecular flexibility index (Phi) is 4.14. The number of nitrogens with one attached hydrogen (secondary N) is 1. The summed E-state index contributed by atoms with van der Waals surface area (Å²) in [6, 6.07) is 1.34. The van der Waals surface area contributed by atoms with Crippen LogP contribution in [0.15, 0.2) is 0 Å². The predicted octanol–water partition coefficient (Wildman–Crippen LogP) is 2.25. The van der Waals surface area contributed by atoms with Crippen LogP contribution >= 0.6 is 0 Å². The minimum Gasteiger partial charge on any atom is -0.314 e. The summed E-state index contributed by atoms with van der Waals surface area (Å²) in [5, 5.41) is 3.47. The average molecular weight is 232 g/mol. The highest BCUT2D eigenvalue weighted by atomic mass is 19.3. The average Bonchev–Trinajstić information content (AvgIpc) is 2.18. The second-order valence-corrected chi connectivity index (χ2v) is 5.05. The van der Waals surface area contributed by atoms with Crippen LogP contribution in [0.3, 0.4) is 0 Å². The third-order valence-corrected chi connectivity index (χ3v) is 3.97. The number of piperidine rings is 2. The summed E-state index contributed by atoms with van der Waals surface area (Å²) in [6.45, 7) is 3.08. The molecule has 0 aromatic rings. The van der Waals surface area contributed by atoms with E-state index in [1.165, 1.54) is 6.42 Å². The van der Waals surface area contributed by atoms with E-state index >= 15 is 0 Å². The summed E-state index contributed by atoms with van der Waals surface area (Å²) >= 11 is 0. The van der Waals surface area contributed by atoms with Gasteiger partial charge in [-0.05, 0) is 32.2 Å². The van der Waals surface area contributed by atoms with E-state index in [-0.39, 0.29) is 6.54 Å². The van der Waals surface area contributed by atoms with E-state index in [2.05, 4.69) is 17.1 Å². The van der Waals surface area contributed by atoms with Gasteiger partial charge < -0.3 is 5.32 Å². The number of rotatable bonds is 4. The van der Waals surface area contributed by atoms with Crippen LogP contribution in [-0.2, 0) is 0 Å². The lowest BCUT2D eigenvalue weighted by Gasteiger charge is -2.49. The molecule has 2 nitrogen and oxygen atoms in total. The van der Waals surface area contributed by atoms with Gasteiger partial charge in [0.25, 0.3) is 6.43 Å². The molecule has 2 fully saturated rings. The number of alkyl halides is 2. The van der Waals surface area contributed by atoms with Gasteiger partial charge in [0.15, 0.2) is 0 Å². The van der Waals surface area contributed by atoms with Gasteiger partial charge in [0.2, 0.25) is 0 Å². The molecule has 2 saturated heterocycles. The quantitative estimate of drug-likeness (QED) is 0.799. The van der Waals surface area contributed by atoms with E-state index < -0.39 is 6.43 Å². The van der Waals surface area contributed by atoms with E-state index in [9.17, 15) is 8.78 Å². The smallest absolute Gasteiger partial charge is 0.251 e. The van der Waals surface area contributed by atoms with E-state index in [0.29, 0.717) is 18.1 Å². The maximum Gasteiger partial charge on any atom is 0.251 e. The molecular weight excluding hydrogens is 210 g/mol. The van der Waals surface area contributed by atoms with Crippen molar-refractivity contribution in [1.82, 2.24) is 10.2 Å². The fraction of sp³-hybridized carbons (Fsp3) is 1.00. The van der Waals surface area contributed by atoms with Gasteiger partial charge in [-0.2, -0.15) is 0 Å². The molecule has 0 aliphatic carbocycles. The molecule has 2 unspecified atom stereocenters. The van der Waals surface area contributed by atoms with Gasteiger partial charge in [0, 0.05) is 18.1 Å². The summed E-state index contributed by atoms with van der Waals surface area (Å²) in [6.07, 6.45) is 3.34. The lowest BCUT2D eigenvalue weighted by atomic mass is 9.82. The second kappa shape index (κ2) is 5.41. The lowest BCUT2D eigenvalue weighted by molar-refractivity contribution is -0.0191. The molecule has 2 heterocycles. The van der Waals surface area contributed by atoms with Crippen molar-refractivity contribution in [1.29, 1.82) is 0 Å². The molecule has 0 aromatic carbocycles. The third kappa shape index (κ3) is 2.72. The molecule has 2 atom stereocenters. The molecule has 0 spiro atoms. The maximum atomic E-state index is 12.5. The summed E-state index contributed by atoms with van der Waals surface area (Å²) in [4.78, 5) is 2.07. The van der Waals surface area contributed by atoms with E-state index in [1.54, 1.807) is 0 Å². The van der Waals surface area contributed by atoms with E-state index in [4.69, 9.17) is 0 Å². The zero-order chi connectivity index (χ0) is 11.5. The van der Waals surface area contributed by atoms with Crippen molar-refractivity contribution in [3.05, 3.63) is 0 Å². The summed E-state index contributed by atoms with van der Waals surface area (Å²) in [7, 11) is 0. The van der Waals surface area contributed by atoms with Crippen molar-refractivity contribution >= 4 is 0 Å². The topological polar surface area (TPSA) is 15.3 Å². The van der Waals surface area contributed by atoms with Crippen LogP contribution < -0.4 is 5.32 Å². The molecule has 2 rings (SSSR count). The van der Waals surface area contributed by atoms with Crippen LogP contribution in [0.2, 0.25) is 0 Å². The molecular formula is C12H22F2N2. The third-order valence-electron chi connectivity index (χ3n) is 3.97.